The second kappa shape index (κ2) is 6.63. The summed E-state index contributed by atoms with van der Waals surface area (Å²) in [6, 6.07) is 8.36. The van der Waals surface area contributed by atoms with Gasteiger partial charge in [-0.3, -0.25) is 9.88 Å². The number of nitrogens with zero attached hydrogens (tertiary/aromatic N) is 3. The lowest BCUT2D eigenvalue weighted by Crippen LogP contribution is -2.18. The van der Waals surface area contributed by atoms with E-state index in [4.69, 9.17) is 0 Å². The predicted molar refractivity (Wildman–Crippen MR) is 80.9 cm³/mol. The lowest BCUT2D eigenvalue weighted by Gasteiger charge is -2.16. The van der Waals surface area contributed by atoms with Crippen molar-refractivity contribution in [3.63, 3.8) is 0 Å². The van der Waals surface area contributed by atoms with E-state index in [-0.39, 0.29) is 0 Å². The van der Waals surface area contributed by atoms with E-state index < -0.39 is 0 Å². The molecule has 2 rings (SSSR count). The zero-order chi connectivity index (χ0) is 13.7. The Morgan fingerprint density at radius 3 is 2.42 bits per heavy atom. The molecule has 4 nitrogen and oxygen atoms in total. The van der Waals surface area contributed by atoms with E-state index in [9.17, 15) is 0 Å². The summed E-state index contributed by atoms with van der Waals surface area (Å²) < 4.78 is 1.10. The van der Waals surface area contributed by atoms with Gasteiger partial charge in [-0.15, -0.1) is 0 Å². The Kier molecular flexibility index (Phi) is 4.87. The molecule has 2 aromatic rings. The van der Waals surface area contributed by atoms with E-state index in [2.05, 4.69) is 67.4 Å². The maximum atomic E-state index is 4.37. The van der Waals surface area contributed by atoms with Crippen LogP contribution in [0.4, 0.5) is 5.82 Å². The molecule has 1 aromatic heterocycles. The number of nitrogens with one attached hydrogen (secondary N) is 1. The minimum absolute atomic E-state index is 0.785. The van der Waals surface area contributed by atoms with Crippen LogP contribution in [0.15, 0.2) is 41.1 Å². The molecule has 0 atom stereocenters. The van der Waals surface area contributed by atoms with Gasteiger partial charge in [0.15, 0.2) is 0 Å². The van der Waals surface area contributed by atoms with Crippen molar-refractivity contribution in [2.45, 2.75) is 13.1 Å². The van der Waals surface area contributed by atoms with Crippen LogP contribution in [0.1, 0.15) is 11.3 Å². The molecule has 0 amide bonds. The van der Waals surface area contributed by atoms with Gasteiger partial charge in [0.05, 0.1) is 18.1 Å². The Morgan fingerprint density at radius 2 is 1.84 bits per heavy atom. The van der Waals surface area contributed by atoms with Crippen molar-refractivity contribution >= 4 is 21.7 Å². The van der Waals surface area contributed by atoms with Crippen LogP contribution in [-0.4, -0.2) is 29.0 Å². The van der Waals surface area contributed by atoms with Crippen LogP contribution < -0.4 is 5.32 Å². The molecule has 0 aliphatic carbocycles. The normalized spacial score (nSPS) is 10.7. The minimum Gasteiger partial charge on any atom is -0.372 e. The number of benzene rings is 1. The smallest absolute Gasteiger partial charge is 0.144 e. The number of hydrogen-bond acceptors (Lipinski definition) is 4. The Labute approximate surface area is 122 Å². The number of anilines is 1. The van der Waals surface area contributed by atoms with Crippen LogP contribution in [0.25, 0.3) is 0 Å². The molecule has 0 saturated carbocycles. The molecule has 0 aliphatic rings. The number of aromatic nitrogens is 2. The summed E-state index contributed by atoms with van der Waals surface area (Å²) in [4.78, 5) is 10.8. The zero-order valence-electron chi connectivity index (χ0n) is 11.1. The molecule has 0 saturated heterocycles. The van der Waals surface area contributed by atoms with Crippen LogP contribution in [0.3, 0.4) is 0 Å². The molecule has 19 heavy (non-hydrogen) atoms. The second-order valence-electron chi connectivity index (χ2n) is 4.44. The van der Waals surface area contributed by atoms with Crippen LogP contribution >= 0.6 is 15.9 Å². The van der Waals surface area contributed by atoms with Gasteiger partial charge in [-0.05, 0) is 24.7 Å². The third kappa shape index (κ3) is 4.29. The predicted octanol–water partition coefficient (Wildman–Crippen LogP) is 2.91. The first-order valence-electron chi connectivity index (χ1n) is 6.09. The number of halogens is 1. The Balaban J connectivity index is 1.92. The average molecular weight is 321 g/mol. The summed E-state index contributed by atoms with van der Waals surface area (Å²) in [6.07, 6.45) is 3.56. The summed E-state index contributed by atoms with van der Waals surface area (Å²) in [7, 11) is 3.92. The van der Waals surface area contributed by atoms with Crippen molar-refractivity contribution in [2.75, 3.05) is 19.4 Å². The standard InChI is InChI=1S/C14H17BrN4/c1-16-14-8-17-13(7-18-14)10-19(2)9-11-3-5-12(15)6-4-11/h3-8H,9-10H2,1-2H3,(H,16,18). The van der Waals surface area contributed by atoms with Crippen molar-refractivity contribution in [3.05, 3.63) is 52.4 Å². The van der Waals surface area contributed by atoms with Gasteiger partial charge in [0.25, 0.3) is 0 Å². The molecular formula is C14H17BrN4. The monoisotopic (exact) mass is 320 g/mol. The molecule has 0 unspecified atom stereocenters. The molecule has 5 heteroatoms. The van der Waals surface area contributed by atoms with Crippen LogP contribution in [0.2, 0.25) is 0 Å². The molecule has 0 spiro atoms. The SMILES string of the molecule is CNc1cnc(CN(C)Cc2ccc(Br)cc2)cn1. The Morgan fingerprint density at radius 1 is 1.11 bits per heavy atom. The maximum Gasteiger partial charge on any atom is 0.144 e. The van der Waals surface area contributed by atoms with E-state index in [1.54, 1.807) is 6.20 Å². The van der Waals surface area contributed by atoms with Gasteiger partial charge in [-0.25, -0.2) is 4.98 Å². The Bertz CT molecular complexity index is 510. The highest BCUT2D eigenvalue weighted by Crippen LogP contribution is 2.12. The van der Waals surface area contributed by atoms with Crippen LogP contribution in [0.5, 0.6) is 0 Å². The molecule has 100 valence electrons. The van der Waals surface area contributed by atoms with Gasteiger partial charge in [0.2, 0.25) is 0 Å². The fraction of sp³-hybridized carbons (Fsp3) is 0.286. The van der Waals surface area contributed by atoms with E-state index in [1.165, 1.54) is 5.56 Å². The average Bonchev–Trinajstić information content (AvgIpc) is 2.42. The molecule has 1 aromatic carbocycles. The van der Waals surface area contributed by atoms with E-state index in [0.717, 1.165) is 29.1 Å². The molecular weight excluding hydrogens is 304 g/mol. The van der Waals surface area contributed by atoms with Crippen LogP contribution in [-0.2, 0) is 13.1 Å². The van der Waals surface area contributed by atoms with E-state index in [0.29, 0.717) is 0 Å². The second-order valence-corrected chi connectivity index (χ2v) is 5.36. The lowest BCUT2D eigenvalue weighted by atomic mass is 10.2. The van der Waals surface area contributed by atoms with Crippen molar-refractivity contribution in [1.29, 1.82) is 0 Å². The molecule has 0 radical (unpaired) electrons. The van der Waals surface area contributed by atoms with Crippen molar-refractivity contribution in [2.24, 2.45) is 0 Å². The highest BCUT2D eigenvalue weighted by molar-refractivity contribution is 9.10. The molecule has 1 heterocycles. The molecule has 0 fully saturated rings. The fourth-order valence-corrected chi connectivity index (χ4v) is 2.06. The van der Waals surface area contributed by atoms with Crippen molar-refractivity contribution in [1.82, 2.24) is 14.9 Å². The van der Waals surface area contributed by atoms with Gasteiger partial charge in [0, 0.05) is 24.6 Å². The topological polar surface area (TPSA) is 41.1 Å². The number of hydrogen-bond donors (Lipinski definition) is 1. The summed E-state index contributed by atoms with van der Waals surface area (Å²) in [5.41, 5.74) is 2.25. The highest BCUT2D eigenvalue weighted by atomic mass is 79.9. The van der Waals surface area contributed by atoms with Gasteiger partial charge in [0.1, 0.15) is 5.82 Å². The quantitative estimate of drug-likeness (QED) is 0.919. The van der Waals surface area contributed by atoms with Crippen LogP contribution in [0, 0.1) is 0 Å². The van der Waals surface area contributed by atoms with Gasteiger partial charge in [-0.2, -0.15) is 0 Å². The first kappa shape index (κ1) is 14.0. The summed E-state index contributed by atoms with van der Waals surface area (Å²) >= 11 is 3.44. The van der Waals surface area contributed by atoms with E-state index >= 15 is 0 Å². The first-order valence-corrected chi connectivity index (χ1v) is 6.88. The third-order valence-electron chi connectivity index (χ3n) is 2.76. The summed E-state index contributed by atoms with van der Waals surface area (Å²) in [5, 5.41) is 2.96. The summed E-state index contributed by atoms with van der Waals surface area (Å²) in [6.45, 7) is 1.68. The fourth-order valence-electron chi connectivity index (χ4n) is 1.80. The van der Waals surface area contributed by atoms with Crippen molar-refractivity contribution in [3.8, 4) is 0 Å². The number of rotatable bonds is 5. The molecule has 1 N–H and O–H groups in total. The Hall–Kier alpha value is -1.46. The third-order valence-corrected chi connectivity index (χ3v) is 3.29. The zero-order valence-corrected chi connectivity index (χ0v) is 12.7. The molecule has 0 bridgehead atoms. The minimum atomic E-state index is 0.785. The summed E-state index contributed by atoms with van der Waals surface area (Å²) in [5.74, 6) is 0.791. The van der Waals surface area contributed by atoms with Gasteiger partial charge >= 0.3 is 0 Å². The first-order chi connectivity index (χ1) is 9.17. The van der Waals surface area contributed by atoms with E-state index in [1.807, 2.05) is 13.2 Å². The van der Waals surface area contributed by atoms with Crippen molar-refractivity contribution < 1.29 is 0 Å². The lowest BCUT2D eigenvalue weighted by molar-refractivity contribution is 0.314. The molecule has 0 aliphatic heterocycles. The maximum absolute atomic E-state index is 4.37. The largest absolute Gasteiger partial charge is 0.372 e. The highest BCUT2D eigenvalue weighted by Gasteiger charge is 2.03. The van der Waals surface area contributed by atoms with Gasteiger partial charge < -0.3 is 5.32 Å². The van der Waals surface area contributed by atoms with Gasteiger partial charge in [-0.1, -0.05) is 28.1 Å².